The fraction of sp³-hybridized carbons (Fsp3) is 0.647. The number of benzene rings is 1. The summed E-state index contributed by atoms with van der Waals surface area (Å²) in [7, 11) is 0. The third kappa shape index (κ3) is 5.26. The Bertz CT molecular complexity index is 433. The minimum absolute atomic E-state index is 0.220. The van der Waals surface area contributed by atoms with E-state index in [0.29, 0.717) is 6.10 Å². The van der Waals surface area contributed by atoms with Crippen LogP contribution in [0.5, 0.6) is 5.75 Å². The van der Waals surface area contributed by atoms with Crippen LogP contribution in [0, 0.1) is 0 Å². The molecule has 1 fully saturated rings. The Hall–Kier alpha value is -0.0600. The Morgan fingerprint density at radius 3 is 2.24 bits per heavy atom. The predicted molar refractivity (Wildman–Crippen MR) is 95.9 cm³/mol. The Balaban J connectivity index is 2.09. The monoisotopic (exact) mass is 417 g/mol. The summed E-state index contributed by atoms with van der Waals surface area (Å²) < 4.78 is 8.31. The van der Waals surface area contributed by atoms with Crippen molar-refractivity contribution < 1.29 is 4.74 Å². The molecule has 0 amide bonds. The average molecular weight is 419 g/mol. The van der Waals surface area contributed by atoms with Crippen LogP contribution < -0.4 is 10.5 Å². The first-order valence-electron chi connectivity index (χ1n) is 8.00. The molecule has 0 spiro atoms. The summed E-state index contributed by atoms with van der Waals surface area (Å²) >= 11 is 7.32. The first kappa shape index (κ1) is 17.3. The lowest BCUT2D eigenvalue weighted by Crippen LogP contribution is -2.21. The lowest BCUT2D eigenvalue weighted by atomic mass is 10.0. The van der Waals surface area contributed by atoms with E-state index in [0.717, 1.165) is 27.5 Å². The molecular formula is C17H25Br2NO. The highest BCUT2D eigenvalue weighted by atomic mass is 79.9. The summed E-state index contributed by atoms with van der Waals surface area (Å²) in [5.74, 6) is 0.940. The zero-order valence-corrected chi connectivity index (χ0v) is 15.9. The smallest absolute Gasteiger partial charge is 0.148 e. The van der Waals surface area contributed by atoms with Crippen molar-refractivity contribution >= 4 is 31.9 Å². The summed E-state index contributed by atoms with van der Waals surface area (Å²) in [4.78, 5) is 0. The standard InChI is InChI=1S/C17H25Br2NO/c1-2-13(20)9-12-10-15(18)17(16(19)11-12)21-14-7-5-3-4-6-8-14/h10-11,13-14H,2-9,20H2,1H3. The van der Waals surface area contributed by atoms with E-state index in [9.17, 15) is 0 Å². The first-order chi connectivity index (χ1) is 10.1. The van der Waals surface area contributed by atoms with E-state index < -0.39 is 0 Å². The molecule has 4 heteroatoms. The molecule has 21 heavy (non-hydrogen) atoms. The van der Waals surface area contributed by atoms with Gasteiger partial charge < -0.3 is 10.5 Å². The Morgan fingerprint density at radius 2 is 1.71 bits per heavy atom. The quantitative estimate of drug-likeness (QED) is 0.632. The molecule has 1 aromatic carbocycles. The molecule has 0 saturated heterocycles. The van der Waals surface area contributed by atoms with Gasteiger partial charge in [0.2, 0.25) is 0 Å². The lowest BCUT2D eigenvalue weighted by molar-refractivity contribution is 0.181. The maximum absolute atomic E-state index is 6.26. The number of ether oxygens (including phenoxy) is 1. The molecule has 0 aromatic heterocycles. The zero-order chi connectivity index (χ0) is 15.2. The van der Waals surface area contributed by atoms with Crippen LogP contribution in [0.15, 0.2) is 21.1 Å². The Morgan fingerprint density at radius 1 is 1.14 bits per heavy atom. The van der Waals surface area contributed by atoms with Crippen molar-refractivity contribution in [1.29, 1.82) is 0 Å². The Labute approximate surface area is 145 Å². The van der Waals surface area contributed by atoms with E-state index in [1.165, 1.54) is 44.1 Å². The summed E-state index contributed by atoms with van der Waals surface area (Å²) in [6, 6.07) is 4.51. The predicted octanol–water partition coefficient (Wildman–Crippen LogP) is 5.59. The van der Waals surface area contributed by atoms with Crippen LogP contribution >= 0.6 is 31.9 Å². The van der Waals surface area contributed by atoms with Crippen molar-refractivity contribution in [3.8, 4) is 5.75 Å². The van der Waals surface area contributed by atoms with Gasteiger partial charge in [-0.25, -0.2) is 0 Å². The van der Waals surface area contributed by atoms with Crippen molar-refractivity contribution in [3.63, 3.8) is 0 Å². The molecule has 1 saturated carbocycles. The molecule has 0 heterocycles. The van der Waals surface area contributed by atoms with Crippen LogP contribution in [-0.2, 0) is 6.42 Å². The molecule has 118 valence electrons. The second-order valence-electron chi connectivity index (χ2n) is 5.99. The minimum atomic E-state index is 0.220. The highest BCUT2D eigenvalue weighted by Crippen LogP contribution is 2.37. The summed E-state index contributed by atoms with van der Waals surface area (Å²) in [5.41, 5.74) is 7.29. The second kappa shape index (κ2) is 8.54. The lowest BCUT2D eigenvalue weighted by Gasteiger charge is -2.20. The van der Waals surface area contributed by atoms with E-state index in [-0.39, 0.29) is 6.04 Å². The van der Waals surface area contributed by atoms with Gasteiger partial charge in [0.05, 0.1) is 15.0 Å². The molecule has 1 aliphatic carbocycles. The van der Waals surface area contributed by atoms with Gasteiger partial charge >= 0.3 is 0 Å². The maximum atomic E-state index is 6.26. The fourth-order valence-corrected chi connectivity index (χ4v) is 4.28. The molecule has 1 aliphatic rings. The SMILES string of the molecule is CCC(N)Cc1cc(Br)c(OC2CCCCCC2)c(Br)c1. The van der Waals surface area contributed by atoms with Crippen LogP contribution in [0.25, 0.3) is 0 Å². The number of halogens is 2. The number of hydrogen-bond acceptors (Lipinski definition) is 2. The van der Waals surface area contributed by atoms with Gasteiger partial charge in [0.15, 0.2) is 0 Å². The van der Waals surface area contributed by atoms with Gasteiger partial charge in [0.1, 0.15) is 5.75 Å². The molecule has 2 N–H and O–H groups in total. The van der Waals surface area contributed by atoms with Crippen LogP contribution in [-0.4, -0.2) is 12.1 Å². The third-order valence-electron chi connectivity index (χ3n) is 4.17. The molecule has 0 aliphatic heterocycles. The topological polar surface area (TPSA) is 35.2 Å². The molecule has 2 rings (SSSR count). The molecule has 1 aromatic rings. The second-order valence-corrected chi connectivity index (χ2v) is 7.70. The maximum Gasteiger partial charge on any atom is 0.148 e. The van der Waals surface area contributed by atoms with Gasteiger partial charge in [-0.3, -0.25) is 0 Å². The van der Waals surface area contributed by atoms with Crippen molar-refractivity contribution in [3.05, 3.63) is 26.6 Å². The van der Waals surface area contributed by atoms with E-state index in [2.05, 4.69) is 50.9 Å². The van der Waals surface area contributed by atoms with Crippen molar-refractivity contribution in [1.82, 2.24) is 0 Å². The minimum Gasteiger partial charge on any atom is -0.488 e. The Kier molecular flexibility index (Phi) is 7.03. The molecule has 1 unspecified atom stereocenters. The van der Waals surface area contributed by atoms with Crippen molar-refractivity contribution in [2.45, 2.75) is 70.4 Å². The zero-order valence-electron chi connectivity index (χ0n) is 12.7. The number of nitrogens with two attached hydrogens (primary N) is 1. The van der Waals surface area contributed by atoms with Gasteiger partial charge in [0.25, 0.3) is 0 Å². The number of rotatable bonds is 5. The summed E-state index contributed by atoms with van der Waals surface area (Å²) in [6.07, 6.45) is 9.83. The average Bonchev–Trinajstić information content (AvgIpc) is 2.71. The molecule has 0 radical (unpaired) electrons. The van der Waals surface area contributed by atoms with Crippen molar-refractivity contribution in [2.24, 2.45) is 5.73 Å². The van der Waals surface area contributed by atoms with E-state index in [4.69, 9.17) is 10.5 Å². The van der Waals surface area contributed by atoms with Crippen LogP contribution in [0.3, 0.4) is 0 Å². The normalized spacial score (nSPS) is 18.3. The molecule has 0 bridgehead atoms. The van der Waals surface area contributed by atoms with Gasteiger partial charge in [-0.2, -0.15) is 0 Å². The fourth-order valence-electron chi connectivity index (χ4n) is 2.82. The van der Waals surface area contributed by atoms with Crippen LogP contribution in [0.1, 0.15) is 57.4 Å². The first-order valence-corrected chi connectivity index (χ1v) is 9.59. The van der Waals surface area contributed by atoms with Gasteiger partial charge in [-0.15, -0.1) is 0 Å². The third-order valence-corrected chi connectivity index (χ3v) is 5.35. The highest BCUT2D eigenvalue weighted by molar-refractivity contribution is 9.11. The molecular weight excluding hydrogens is 394 g/mol. The van der Waals surface area contributed by atoms with Crippen LogP contribution in [0.4, 0.5) is 0 Å². The largest absolute Gasteiger partial charge is 0.488 e. The molecule has 2 nitrogen and oxygen atoms in total. The van der Waals surface area contributed by atoms with E-state index in [1.54, 1.807) is 0 Å². The molecule has 1 atom stereocenters. The van der Waals surface area contributed by atoms with Gasteiger partial charge in [-0.05, 0) is 88.1 Å². The van der Waals surface area contributed by atoms with Gasteiger partial charge in [-0.1, -0.05) is 19.8 Å². The summed E-state index contributed by atoms with van der Waals surface area (Å²) in [6.45, 7) is 2.12. The summed E-state index contributed by atoms with van der Waals surface area (Å²) in [5, 5.41) is 0. The van der Waals surface area contributed by atoms with E-state index in [1.807, 2.05) is 0 Å². The van der Waals surface area contributed by atoms with Crippen molar-refractivity contribution in [2.75, 3.05) is 0 Å². The van der Waals surface area contributed by atoms with E-state index >= 15 is 0 Å². The van der Waals surface area contributed by atoms with Gasteiger partial charge in [0, 0.05) is 6.04 Å². The highest BCUT2D eigenvalue weighted by Gasteiger charge is 2.18. The van der Waals surface area contributed by atoms with Crippen LogP contribution in [0.2, 0.25) is 0 Å². The number of hydrogen-bond donors (Lipinski definition) is 1.